The normalized spacial score (nSPS) is 11.2. The molecule has 1 atom stereocenters. The van der Waals surface area contributed by atoms with Crippen molar-refractivity contribution >= 4 is 21.9 Å². The van der Waals surface area contributed by atoms with Crippen LogP contribution in [0.3, 0.4) is 0 Å². The summed E-state index contributed by atoms with van der Waals surface area (Å²) in [7, 11) is 3.25. The first-order valence-electron chi connectivity index (χ1n) is 4.35. The van der Waals surface area contributed by atoms with Crippen molar-refractivity contribution in [2.24, 2.45) is 0 Å². The molecule has 80 valence electrons. The first kappa shape index (κ1) is 15.4. The molecule has 4 heteroatoms. The summed E-state index contributed by atoms with van der Waals surface area (Å²) >= 11 is 3.24. The minimum Gasteiger partial charge on any atom is -0.451 e. The number of rotatable bonds is 4. The average Bonchev–Trinajstić information content (AvgIpc) is 2.06. The van der Waals surface area contributed by atoms with Gasteiger partial charge >= 0.3 is 5.97 Å². The van der Waals surface area contributed by atoms with Crippen molar-refractivity contribution in [3.8, 4) is 0 Å². The van der Waals surface area contributed by atoms with E-state index >= 15 is 0 Å². The third kappa shape index (κ3) is 14.7. The molecule has 0 saturated carbocycles. The lowest BCUT2D eigenvalue weighted by Gasteiger charge is -2.08. The molecule has 13 heavy (non-hydrogen) atoms. The fraction of sp³-hybridized carbons (Fsp3) is 0.889. The number of carbonyl (C=O) groups excluding carboxylic acids is 1. The van der Waals surface area contributed by atoms with Gasteiger partial charge in [-0.05, 0) is 22.4 Å². The van der Waals surface area contributed by atoms with E-state index in [2.05, 4.69) is 20.7 Å². The van der Waals surface area contributed by atoms with Gasteiger partial charge in [0.05, 0.1) is 0 Å². The van der Waals surface area contributed by atoms with E-state index in [9.17, 15) is 4.79 Å². The summed E-state index contributed by atoms with van der Waals surface area (Å²) in [6, 6.07) is 0. The van der Waals surface area contributed by atoms with Crippen LogP contribution in [0, 0.1) is 0 Å². The Balaban J connectivity index is 0. The molecular weight excluding hydrogens is 236 g/mol. The molecule has 0 amide bonds. The Hall–Kier alpha value is -0.0900. The van der Waals surface area contributed by atoms with Gasteiger partial charge in [0.2, 0.25) is 0 Å². The summed E-state index contributed by atoms with van der Waals surface area (Å²) in [5, 5.41) is -0.0926. The van der Waals surface area contributed by atoms with Crippen LogP contribution in [0.1, 0.15) is 33.1 Å². The maximum atomic E-state index is 10.6. The first-order chi connectivity index (χ1) is 6.12. The van der Waals surface area contributed by atoms with Gasteiger partial charge in [0, 0.05) is 20.6 Å². The zero-order valence-electron chi connectivity index (χ0n) is 8.80. The number of halogens is 1. The number of carbonyl (C=O) groups is 1. The lowest BCUT2D eigenvalue weighted by atomic mass is 10.4. The van der Waals surface area contributed by atoms with Crippen molar-refractivity contribution in [1.29, 1.82) is 0 Å². The van der Waals surface area contributed by atoms with E-state index in [0.717, 1.165) is 12.8 Å². The Kier molecular flexibility index (Phi) is 14.1. The van der Waals surface area contributed by atoms with Crippen LogP contribution in [-0.4, -0.2) is 25.2 Å². The summed E-state index contributed by atoms with van der Waals surface area (Å²) in [4.78, 5) is 10.6. The molecule has 0 aromatic heterocycles. The Morgan fingerprint density at radius 1 is 1.38 bits per heavy atom. The maximum Gasteiger partial charge on any atom is 0.306 e. The van der Waals surface area contributed by atoms with Crippen LogP contribution in [0.25, 0.3) is 0 Å². The second-order valence-electron chi connectivity index (χ2n) is 2.45. The third-order valence-electron chi connectivity index (χ3n) is 1.06. The van der Waals surface area contributed by atoms with Crippen molar-refractivity contribution in [1.82, 2.24) is 0 Å². The number of methoxy groups -OCH3 is 1. The molecule has 3 nitrogen and oxygen atoms in total. The van der Waals surface area contributed by atoms with Gasteiger partial charge in [-0.1, -0.05) is 20.3 Å². The highest BCUT2D eigenvalue weighted by Gasteiger charge is 2.06. The van der Waals surface area contributed by atoms with Crippen LogP contribution in [0.15, 0.2) is 0 Å². The SMILES string of the molecule is CCCC(Br)OC(=O)CC.COC. The van der Waals surface area contributed by atoms with Crippen LogP contribution >= 0.6 is 15.9 Å². The van der Waals surface area contributed by atoms with Crippen LogP contribution in [-0.2, 0) is 14.3 Å². The smallest absolute Gasteiger partial charge is 0.306 e. The zero-order chi connectivity index (χ0) is 10.7. The molecule has 0 rings (SSSR count). The number of ether oxygens (including phenoxy) is 2. The number of hydrogen-bond acceptors (Lipinski definition) is 3. The largest absolute Gasteiger partial charge is 0.451 e. The van der Waals surface area contributed by atoms with Gasteiger partial charge in [-0.25, -0.2) is 0 Å². The molecule has 0 bridgehead atoms. The predicted octanol–water partition coefficient (Wildman–Crippen LogP) is 2.72. The monoisotopic (exact) mass is 254 g/mol. The van der Waals surface area contributed by atoms with Gasteiger partial charge in [-0.2, -0.15) is 0 Å². The Bertz CT molecular complexity index is 117. The van der Waals surface area contributed by atoms with Gasteiger partial charge in [-0.15, -0.1) is 0 Å². The zero-order valence-corrected chi connectivity index (χ0v) is 10.4. The number of alkyl halides is 1. The second-order valence-corrected chi connectivity index (χ2v) is 3.47. The van der Waals surface area contributed by atoms with E-state index in [-0.39, 0.29) is 11.0 Å². The van der Waals surface area contributed by atoms with Crippen LogP contribution in [0.4, 0.5) is 0 Å². The van der Waals surface area contributed by atoms with Gasteiger partial charge in [0.15, 0.2) is 5.01 Å². The molecule has 0 aliphatic carbocycles. The molecule has 0 heterocycles. The minimum absolute atomic E-state index is 0.0926. The van der Waals surface area contributed by atoms with E-state index in [1.54, 1.807) is 21.1 Å². The van der Waals surface area contributed by atoms with Crippen molar-refractivity contribution < 1.29 is 14.3 Å². The molecule has 0 aliphatic rings. The van der Waals surface area contributed by atoms with E-state index in [1.807, 2.05) is 6.92 Å². The molecule has 0 N–H and O–H groups in total. The van der Waals surface area contributed by atoms with E-state index in [0.29, 0.717) is 6.42 Å². The molecule has 0 saturated heterocycles. The lowest BCUT2D eigenvalue weighted by Crippen LogP contribution is -2.10. The Morgan fingerprint density at radius 2 is 1.85 bits per heavy atom. The van der Waals surface area contributed by atoms with Crippen molar-refractivity contribution in [2.45, 2.75) is 38.1 Å². The average molecular weight is 255 g/mol. The molecule has 1 unspecified atom stereocenters. The van der Waals surface area contributed by atoms with Gasteiger partial charge in [-0.3, -0.25) is 4.79 Å². The van der Waals surface area contributed by atoms with E-state index in [4.69, 9.17) is 4.74 Å². The topological polar surface area (TPSA) is 35.5 Å². The van der Waals surface area contributed by atoms with Gasteiger partial charge < -0.3 is 9.47 Å². The summed E-state index contributed by atoms with van der Waals surface area (Å²) in [6.07, 6.45) is 2.35. The summed E-state index contributed by atoms with van der Waals surface area (Å²) < 4.78 is 9.17. The Labute approximate surface area is 88.9 Å². The predicted molar refractivity (Wildman–Crippen MR) is 56.9 cm³/mol. The van der Waals surface area contributed by atoms with Crippen LogP contribution < -0.4 is 0 Å². The van der Waals surface area contributed by atoms with Gasteiger partial charge in [0.25, 0.3) is 0 Å². The molecule has 0 aliphatic heterocycles. The van der Waals surface area contributed by atoms with E-state index in [1.165, 1.54) is 0 Å². The highest BCUT2D eigenvalue weighted by atomic mass is 79.9. The van der Waals surface area contributed by atoms with E-state index < -0.39 is 0 Å². The van der Waals surface area contributed by atoms with Crippen molar-refractivity contribution in [3.05, 3.63) is 0 Å². The van der Waals surface area contributed by atoms with Crippen molar-refractivity contribution in [2.75, 3.05) is 14.2 Å². The third-order valence-corrected chi connectivity index (χ3v) is 1.71. The molecule has 0 spiro atoms. The molecule has 0 aromatic carbocycles. The Morgan fingerprint density at radius 3 is 2.15 bits per heavy atom. The standard InChI is InChI=1S/C7H13BrO2.C2H6O/c1-3-5-6(8)10-7(9)4-2;1-3-2/h6H,3-5H2,1-2H3;1-2H3. The quantitative estimate of drug-likeness (QED) is 0.572. The van der Waals surface area contributed by atoms with Crippen molar-refractivity contribution in [3.63, 3.8) is 0 Å². The lowest BCUT2D eigenvalue weighted by molar-refractivity contribution is -0.144. The van der Waals surface area contributed by atoms with Gasteiger partial charge in [0.1, 0.15) is 0 Å². The first-order valence-corrected chi connectivity index (χ1v) is 5.27. The van der Waals surface area contributed by atoms with Crippen LogP contribution in [0.2, 0.25) is 0 Å². The minimum atomic E-state index is -0.143. The molecule has 0 aromatic rings. The molecular formula is C9H19BrO3. The fourth-order valence-electron chi connectivity index (χ4n) is 0.512. The van der Waals surface area contributed by atoms with Crippen LogP contribution in [0.5, 0.6) is 0 Å². The second kappa shape index (κ2) is 11.9. The fourth-order valence-corrected chi connectivity index (χ4v) is 1.18. The summed E-state index contributed by atoms with van der Waals surface area (Å²) in [5.41, 5.74) is 0. The highest BCUT2D eigenvalue weighted by molar-refractivity contribution is 9.09. The summed E-state index contributed by atoms with van der Waals surface area (Å²) in [6.45, 7) is 3.84. The molecule has 0 radical (unpaired) electrons. The maximum absolute atomic E-state index is 10.6. The number of hydrogen-bond donors (Lipinski definition) is 0. The summed E-state index contributed by atoms with van der Waals surface area (Å²) in [5.74, 6) is -0.143. The molecule has 0 fully saturated rings. The highest BCUT2D eigenvalue weighted by Crippen LogP contribution is 2.09. The number of esters is 1.